The van der Waals surface area contributed by atoms with Gasteiger partial charge < -0.3 is 4.74 Å². The molecule has 1 aromatic heterocycles. The second-order valence-corrected chi connectivity index (χ2v) is 4.95. The lowest BCUT2D eigenvalue weighted by Crippen LogP contribution is -2.25. The van der Waals surface area contributed by atoms with Crippen LogP contribution < -0.4 is 5.56 Å². The van der Waals surface area contributed by atoms with Crippen molar-refractivity contribution in [3.8, 4) is 0 Å². The summed E-state index contributed by atoms with van der Waals surface area (Å²) in [6.07, 6.45) is 3.76. The summed E-state index contributed by atoms with van der Waals surface area (Å²) in [5, 5.41) is 4.00. The fraction of sp³-hybridized carbons (Fsp3) is 0.600. The fourth-order valence-electron chi connectivity index (χ4n) is 1.10. The summed E-state index contributed by atoms with van der Waals surface area (Å²) in [5.41, 5.74) is -0.145. The SMILES string of the molecule is CCCCOCCn1ncc(Br)c(Br)c1=O. The minimum Gasteiger partial charge on any atom is -0.380 e. The van der Waals surface area contributed by atoms with Crippen molar-refractivity contribution in [3.63, 3.8) is 0 Å². The van der Waals surface area contributed by atoms with E-state index < -0.39 is 0 Å². The van der Waals surface area contributed by atoms with Crippen LogP contribution in [-0.2, 0) is 11.3 Å². The van der Waals surface area contributed by atoms with Gasteiger partial charge in [0, 0.05) is 6.61 Å². The molecule has 0 N–H and O–H groups in total. The van der Waals surface area contributed by atoms with Crippen LogP contribution >= 0.6 is 31.9 Å². The molecular formula is C10H14Br2N2O2. The summed E-state index contributed by atoms with van der Waals surface area (Å²) >= 11 is 6.43. The third-order valence-corrected chi connectivity index (χ3v) is 3.93. The molecule has 0 radical (unpaired) electrons. The molecule has 1 rings (SSSR count). The van der Waals surface area contributed by atoms with E-state index in [4.69, 9.17) is 4.74 Å². The van der Waals surface area contributed by atoms with E-state index in [9.17, 15) is 4.79 Å². The highest BCUT2D eigenvalue weighted by Gasteiger charge is 2.05. The van der Waals surface area contributed by atoms with Crippen molar-refractivity contribution in [1.82, 2.24) is 9.78 Å². The predicted octanol–water partition coefficient (Wildman–Crippen LogP) is 2.59. The molecule has 90 valence electrons. The second-order valence-electron chi connectivity index (χ2n) is 3.30. The first-order valence-corrected chi connectivity index (χ1v) is 6.74. The van der Waals surface area contributed by atoms with Gasteiger partial charge in [-0.05, 0) is 38.3 Å². The molecule has 0 aromatic carbocycles. The minimum absolute atomic E-state index is 0.145. The molecule has 0 fully saturated rings. The van der Waals surface area contributed by atoms with E-state index in [0.717, 1.165) is 19.4 Å². The summed E-state index contributed by atoms with van der Waals surface area (Å²) in [7, 11) is 0. The Morgan fingerprint density at radius 2 is 2.19 bits per heavy atom. The number of rotatable bonds is 6. The quantitative estimate of drug-likeness (QED) is 0.738. The summed E-state index contributed by atoms with van der Waals surface area (Å²) in [4.78, 5) is 11.7. The minimum atomic E-state index is -0.145. The van der Waals surface area contributed by atoms with Gasteiger partial charge in [-0.25, -0.2) is 4.68 Å². The van der Waals surface area contributed by atoms with Crippen LogP contribution in [0.1, 0.15) is 19.8 Å². The molecule has 0 atom stereocenters. The molecule has 1 aromatic rings. The van der Waals surface area contributed by atoms with Crippen LogP contribution in [0.15, 0.2) is 19.9 Å². The first-order chi connectivity index (χ1) is 7.66. The van der Waals surface area contributed by atoms with Gasteiger partial charge >= 0.3 is 0 Å². The van der Waals surface area contributed by atoms with E-state index >= 15 is 0 Å². The second kappa shape index (κ2) is 7.19. The zero-order valence-corrected chi connectivity index (χ0v) is 12.3. The highest BCUT2D eigenvalue weighted by Crippen LogP contribution is 2.16. The van der Waals surface area contributed by atoms with Crippen molar-refractivity contribution in [2.45, 2.75) is 26.3 Å². The number of nitrogens with zero attached hydrogens (tertiary/aromatic N) is 2. The lowest BCUT2D eigenvalue weighted by atomic mass is 10.4. The molecule has 0 aliphatic rings. The molecule has 0 bridgehead atoms. The first-order valence-electron chi connectivity index (χ1n) is 5.15. The lowest BCUT2D eigenvalue weighted by Gasteiger charge is -2.06. The van der Waals surface area contributed by atoms with Crippen LogP contribution in [0, 0.1) is 0 Å². The Balaban J connectivity index is 2.49. The maximum Gasteiger partial charge on any atom is 0.282 e. The summed E-state index contributed by atoms with van der Waals surface area (Å²) in [6, 6.07) is 0. The molecule has 0 spiro atoms. The van der Waals surface area contributed by atoms with Gasteiger partial charge in [-0.15, -0.1) is 0 Å². The van der Waals surface area contributed by atoms with Crippen LogP contribution in [0.25, 0.3) is 0 Å². The Morgan fingerprint density at radius 3 is 2.88 bits per heavy atom. The number of hydrogen-bond acceptors (Lipinski definition) is 3. The number of aromatic nitrogens is 2. The Hall–Kier alpha value is -0.200. The molecule has 6 heteroatoms. The molecule has 1 heterocycles. The topological polar surface area (TPSA) is 44.1 Å². The average Bonchev–Trinajstić information content (AvgIpc) is 2.28. The molecule has 16 heavy (non-hydrogen) atoms. The fourth-order valence-corrected chi connectivity index (χ4v) is 1.67. The molecular weight excluding hydrogens is 340 g/mol. The van der Waals surface area contributed by atoms with Gasteiger partial charge in [0.25, 0.3) is 5.56 Å². The van der Waals surface area contributed by atoms with E-state index in [-0.39, 0.29) is 5.56 Å². The van der Waals surface area contributed by atoms with Gasteiger partial charge in [-0.1, -0.05) is 13.3 Å². The standard InChI is InChI=1S/C10H14Br2N2O2/c1-2-3-5-16-6-4-14-10(15)9(12)8(11)7-13-14/h7H,2-6H2,1H3. The van der Waals surface area contributed by atoms with Gasteiger partial charge in [-0.3, -0.25) is 4.79 Å². The van der Waals surface area contributed by atoms with E-state index in [0.29, 0.717) is 22.1 Å². The van der Waals surface area contributed by atoms with Crippen molar-refractivity contribution in [3.05, 3.63) is 25.5 Å². The van der Waals surface area contributed by atoms with Crippen LogP contribution in [0.2, 0.25) is 0 Å². The van der Waals surface area contributed by atoms with Gasteiger partial charge in [-0.2, -0.15) is 5.10 Å². The maximum absolute atomic E-state index is 11.7. The maximum atomic E-state index is 11.7. The zero-order chi connectivity index (χ0) is 12.0. The molecule has 0 saturated carbocycles. The van der Waals surface area contributed by atoms with E-state index in [2.05, 4.69) is 43.9 Å². The van der Waals surface area contributed by atoms with Gasteiger partial charge in [0.1, 0.15) is 4.47 Å². The molecule has 0 amide bonds. The first kappa shape index (κ1) is 13.9. The Kier molecular flexibility index (Phi) is 6.23. The largest absolute Gasteiger partial charge is 0.380 e. The average molecular weight is 354 g/mol. The van der Waals surface area contributed by atoms with Gasteiger partial charge in [0.05, 0.1) is 23.8 Å². The van der Waals surface area contributed by atoms with Crippen molar-refractivity contribution >= 4 is 31.9 Å². The Bertz CT molecular complexity index is 393. The summed E-state index contributed by atoms with van der Waals surface area (Å²) in [5.74, 6) is 0. The molecule has 0 saturated heterocycles. The highest BCUT2D eigenvalue weighted by atomic mass is 79.9. The number of unbranched alkanes of at least 4 members (excludes halogenated alkanes) is 1. The molecule has 4 nitrogen and oxygen atoms in total. The van der Waals surface area contributed by atoms with Crippen LogP contribution in [-0.4, -0.2) is 23.0 Å². The van der Waals surface area contributed by atoms with Crippen LogP contribution in [0.5, 0.6) is 0 Å². The van der Waals surface area contributed by atoms with Crippen molar-refractivity contribution in [2.24, 2.45) is 0 Å². The summed E-state index contributed by atoms with van der Waals surface area (Å²) < 4.78 is 7.93. The van der Waals surface area contributed by atoms with Crippen molar-refractivity contribution in [2.75, 3.05) is 13.2 Å². The van der Waals surface area contributed by atoms with Crippen molar-refractivity contribution < 1.29 is 4.74 Å². The van der Waals surface area contributed by atoms with Crippen molar-refractivity contribution in [1.29, 1.82) is 0 Å². The van der Waals surface area contributed by atoms with E-state index in [1.165, 1.54) is 4.68 Å². The number of ether oxygens (including phenoxy) is 1. The number of hydrogen-bond donors (Lipinski definition) is 0. The third-order valence-electron chi connectivity index (χ3n) is 2.03. The van der Waals surface area contributed by atoms with Gasteiger partial charge in [0.2, 0.25) is 0 Å². The molecule has 0 aliphatic carbocycles. The Labute approximate surface area is 111 Å². The summed E-state index contributed by atoms with van der Waals surface area (Å²) in [6.45, 7) is 3.85. The lowest BCUT2D eigenvalue weighted by molar-refractivity contribution is 0.120. The van der Waals surface area contributed by atoms with Gasteiger partial charge in [0.15, 0.2) is 0 Å². The Morgan fingerprint density at radius 1 is 1.44 bits per heavy atom. The number of halogens is 2. The highest BCUT2D eigenvalue weighted by molar-refractivity contribution is 9.13. The van der Waals surface area contributed by atoms with Crippen LogP contribution in [0.4, 0.5) is 0 Å². The third kappa shape index (κ3) is 3.99. The normalized spacial score (nSPS) is 10.7. The van der Waals surface area contributed by atoms with E-state index in [1.54, 1.807) is 6.20 Å². The molecule has 0 unspecified atom stereocenters. The molecule has 0 aliphatic heterocycles. The zero-order valence-electron chi connectivity index (χ0n) is 9.08. The smallest absolute Gasteiger partial charge is 0.282 e. The monoisotopic (exact) mass is 352 g/mol. The predicted molar refractivity (Wildman–Crippen MR) is 69.6 cm³/mol. The van der Waals surface area contributed by atoms with Crippen LogP contribution in [0.3, 0.4) is 0 Å². The van der Waals surface area contributed by atoms with E-state index in [1.807, 2.05) is 0 Å².